The molecule has 4 rings (SSSR count). The van der Waals surface area contributed by atoms with Crippen molar-refractivity contribution in [2.24, 2.45) is 0 Å². The number of carbonyl (C=O) groups is 1. The normalized spacial score (nSPS) is 14.7. The van der Waals surface area contributed by atoms with Gasteiger partial charge in [-0.3, -0.25) is 4.79 Å². The van der Waals surface area contributed by atoms with Crippen LogP contribution in [0.2, 0.25) is 0 Å². The van der Waals surface area contributed by atoms with E-state index in [-0.39, 0.29) is 5.43 Å². The van der Waals surface area contributed by atoms with E-state index in [1.807, 2.05) is 30.3 Å². The number of hydrogen-bond acceptors (Lipinski definition) is 5. The number of likely N-dealkylation sites (N-methyl/N-ethyl adjacent to an activating group) is 1. The Morgan fingerprint density at radius 1 is 1.09 bits per heavy atom. The largest absolute Gasteiger partial charge is 0.461 e. The van der Waals surface area contributed by atoms with Crippen molar-refractivity contribution >= 4 is 28.6 Å². The first-order chi connectivity index (χ1) is 15.6. The van der Waals surface area contributed by atoms with E-state index in [1.165, 1.54) is 0 Å². The molecule has 1 aliphatic rings. The highest BCUT2D eigenvalue weighted by Gasteiger charge is 2.22. The van der Waals surface area contributed by atoms with Crippen molar-refractivity contribution in [1.29, 1.82) is 0 Å². The average molecular weight is 432 g/mol. The molecule has 0 N–H and O–H groups in total. The number of allylic oxidation sites excluding steroid dienone is 1. The minimum atomic E-state index is -0.416. The molecule has 0 fully saturated rings. The van der Waals surface area contributed by atoms with E-state index in [2.05, 4.69) is 24.8 Å². The molecule has 5 nitrogen and oxygen atoms in total. The Balaban J connectivity index is 1.63. The number of ether oxygens (including phenoxy) is 1. The van der Waals surface area contributed by atoms with E-state index in [0.717, 1.165) is 37.1 Å². The van der Waals surface area contributed by atoms with Crippen LogP contribution < -0.4 is 5.43 Å². The molecule has 3 aromatic rings. The average Bonchev–Trinajstić information content (AvgIpc) is 2.83. The van der Waals surface area contributed by atoms with Gasteiger partial charge in [0.15, 0.2) is 5.43 Å². The van der Waals surface area contributed by atoms with Crippen LogP contribution in [0.4, 0.5) is 0 Å². The Morgan fingerprint density at radius 3 is 2.62 bits per heavy atom. The van der Waals surface area contributed by atoms with Crippen LogP contribution >= 0.6 is 0 Å². The minimum Gasteiger partial charge on any atom is -0.461 e. The SMILES string of the molecule is CCN(CC)CCOC(=O)c1ccc2oc3c(c(=O)c2c1)CCCC3=Cc1ccccc1. The predicted molar refractivity (Wildman–Crippen MR) is 128 cm³/mol. The van der Waals surface area contributed by atoms with Crippen LogP contribution in [0.5, 0.6) is 0 Å². The Bertz CT molecular complexity index is 1190. The van der Waals surface area contributed by atoms with Crippen molar-refractivity contribution in [3.05, 3.63) is 81.2 Å². The van der Waals surface area contributed by atoms with Crippen molar-refractivity contribution < 1.29 is 13.9 Å². The zero-order valence-corrected chi connectivity index (χ0v) is 18.7. The molecular weight excluding hydrogens is 402 g/mol. The van der Waals surface area contributed by atoms with Gasteiger partial charge in [0.2, 0.25) is 0 Å². The van der Waals surface area contributed by atoms with Crippen LogP contribution in [-0.2, 0) is 11.2 Å². The lowest BCUT2D eigenvalue weighted by atomic mass is 9.90. The molecule has 0 saturated heterocycles. The maximum atomic E-state index is 13.3. The fourth-order valence-corrected chi connectivity index (χ4v) is 4.19. The van der Waals surface area contributed by atoms with Gasteiger partial charge in [0.05, 0.1) is 10.9 Å². The summed E-state index contributed by atoms with van der Waals surface area (Å²) in [6.45, 7) is 7.00. The summed E-state index contributed by atoms with van der Waals surface area (Å²) in [5.74, 6) is 0.257. The fraction of sp³-hybridized carbons (Fsp3) is 0.333. The van der Waals surface area contributed by atoms with Crippen LogP contribution in [0.15, 0.2) is 57.7 Å². The third-order valence-corrected chi connectivity index (χ3v) is 6.06. The monoisotopic (exact) mass is 431 g/mol. The Hall–Kier alpha value is -3.18. The number of rotatable bonds is 7. The highest BCUT2D eigenvalue weighted by molar-refractivity contribution is 5.94. The summed E-state index contributed by atoms with van der Waals surface area (Å²) in [5.41, 5.74) is 3.63. The van der Waals surface area contributed by atoms with Gasteiger partial charge in [0, 0.05) is 12.1 Å². The third kappa shape index (κ3) is 4.68. The maximum Gasteiger partial charge on any atom is 0.338 e. The molecular formula is C27H29NO4. The van der Waals surface area contributed by atoms with Gasteiger partial charge in [0.1, 0.15) is 18.0 Å². The maximum absolute atomic E-state index is 13.3. The molecule has 0 aliphatic heterocycles. The van der Waals surface area contributed by atoms with Crippen molar-refractivity contribution in [2.75, 3.05) is 26.2 Å². The second kappa shape index (κ2) is 9.96. The molecule has 1 aromatic heterocycles. The van der Waals surface area contributed by atoms with E-state index in [1.54, 1.807) is 18.2 Å². The van der Waals surface area contributed by atoms with Gasteiger partial charge in [-0.05, 0) is 67.8 Å². The number of fused-ring (bicyclic) bond motifs is 2. The lowest BCUT2D eigenvalue weighted by Crippen LogP contribution is -2.27. The first-order valence-corrected chi connectivity index (χ1v) is 11.4. The first kappa shape index (κ1) is 22.0. The fourth-order valence-electron chi connectivity index (χ4n) is 4.19. The summed E-state index contributed by atoms with van der Waals surface area (Å²) < 4.78 is 11.6. The molecule has 1 aliphatic carbocycles. The highest BCUT2D eigenvalue weighted by Crippen LogP contribution is 2.33. The zero-order valence-electron chi connectivity index (χ0n) is 18.7. The Labute approximate surface area is 188 Å². The van der Waals surface area contributed by atoms with Gasteiger partial charge in [0.25, 0.3) is 0 Å². The van der Waals surface area contributed by atoms with Crippen molar-refractivity contribution in [3.8, 4) is 0 Å². The summed E-state index contributed by atoms with van der Waals surface area (Å²) in [5, 5.41) is 0.433. The predicted octanol–water partition coefficient (Wildman–Crippen LogP) is 5.17. The van der Waals surface area contributed by atoms with Crippen molar-refractivity contribution in [2.45, 2.75) is 33.1 Å². The minimum absolute atomic E-state index is 0.0577. The smallest absolute Gasteiger partial charge is 0.338 e. The molecule has 0 amide bonds. The van der Waals surface area contributed by atoms with Gasteiger partial charge < -0.3 is 14.1 Å². The highest BCUT2D eigenvalue weighted by atomic mass is 16.5. The molecule has 0 unspecified atom stereocenters. The summed E-state index contributed by atoms with van der Waals surface area (Å²) in [6, 6.07) is 15.0. The Kier molecular flexibility index (Phi) is 6.86. The number of benzene rings is 2. The molecule has 166 valence electrons. The third-order valence-electron chi connectivity index (χ3n) is 6.06. The second-order valence-corrected chi connectivity index (χ2v) is 8.05. The van der Waals surface area contributed by atoms with E-state index in [0.29, 0.717) is 47.4 Å². The zero-order chi connectivity index (χ0) is 22.5. The summed E-state index contributed by atoms with van der Waals surface area (Å²) in [6.07, 6.45) is 4.54. The number of esters is 1. The van der Waals surface area contributed by atoms with Crippen LogP contribution in [0.3, 0.4) is 0 Å². The summed E-state index contributed by atoms with van der Waals surface area (Å²) in [4.78, 5) is 28.0. The van der Waals surface area contributed by atoms with Crippen LogP contribution in [0.25, 0.3) is 22.6 Å². The molecule has 0 atom stereocenters. The van der Waals surface area contributed by atoms with E-state index < -0.39 is 5.97 Å². The standard InChI is InChI=1S/C27H29NO4/c1-3-28(4-2)15-16-31-27(30)21-13-14-24-23(18-21)25(29)22-12-8-11-20(26(22)32-24)17-19-9-6-5-7-10-19/h5-7,9-10,13-14,17-18H,3-4,8,11-12,15-16H2,1-2H3. The topological polar surface area (TPSA) is 59.8 Å². The van der Waals surface area contributed by atoms with Crippen LogP contribution in [0.1, 0.15) is 53.9 Å². The van der Waals surface area contributed by atoms with E-state index in [9.17, 15) is 9.59 Å². The lowest BCUT2D eigenvalue weighted by Gasteiger charge is -2.18. The summed E-state index contributed by atoms with van der Waals surface area (Å²) >= 11 is 0. The molecule has 0 saturated carbocycles. The molecule has 0 bridgehead atoms. The lowest BCUT2D eigenvalue weighted by molar-refractivity contribution is 0.0466. The van der Waals surface area contributed by atoms with Crippen LogP contribution in [0, 0.1) is 0 Å². The van der Waals surface area contributed by atoms with E-state index >= 15 is 0 Å². The molecule has 32 heavy (non-hydrogen) atoms. The molecule has 5 heteroatoms. The van der Waals surface area contributed by atoms with Gasteiger partial charge >= 0.3 is 5.97 Å². The second-order valence-electron chi connectivity index (χ2n) is 8.05. The van der Waals surface area contributed by atoms with Gasteiger partial charge in [-0.25, -0.2) is 4.79 Å². The van der Waals surface area contributed by atoms with E-state index in [4.69, 9.17) is 9.15 Å². The molecule has 2 aromatic carbocycles. The number of nitrogens with zero attached hydrogens (tertiary/aromatic N) is 1. The quantitative estimate of drug-likeness (QED) is 0.483. The number of hydrogen-bond donors (Lipinski definition) is 0. The first-order valence-electron chi connectivity index (χ1n) is 11.4. The molecule has 1 heterocycles. The van der Waals surface area contributed by atoms with Crippen molar-refractivity contribution in [1.82, 2.24) is 4.90 Å². The molecule has 0 radical (unpaired) electrons. The van der Waals surface area contributed by atoms with Crippen molar-refractivity contribution in [3.63, 3.8) is 0 Å². The summed E-state index contributed by atoms with van der Waals surface area (Å²) in [7, 11) is 0. The van der Waals surface area contributed by atoms with Crippen LogP contribution in [-0.4, -0.2) is 37.1 Å². The van der Waals surface area contributed by atoms with Gasteiger partial charge in [-0.15, -0.1) is 0 Å². The number of carbonyl (C=O) groups excluding carboxylic acids is 1. The Morgan fingerprint density at radius 2 is 1.88 bits per heavy atom. The molecule has 0 spiro atoms. The van der Waals surface area contributed by atoms with Gasteiger partial charge in [-0.1, -0.05) is 44.2 Å². The van der Waals surface area contributed by atoms with Gasteiger partial charge in [-0.2, -0.15) is 0 Å².